The number of thiazole rings is 1. The molecule has 1 aromatic carbocycles. The first-order valence-electron chi connectivity index (χ1n) is 7.04. The number of aromatic nitrogens is 1. The van der Waals surface area contributed by atoms with Crippen LogP contribution < -0.4 is 4.80 Å². The van der Waals surface area contributed by atoms with Crippen molar-refractivity contribution in [2.24, 2.45) is 10.1 Å². The zero-order valence-electron chi connectivity index (χ0n) is 12.5. The number of benzene rings is 1. The van der Waals surface area contributed by atoms with Gasteiger partial charge in [0.15, 0.2) is 0 Å². The van der Waals surface area contributed by atoms with Gasteiger partial charge in [-0.25, -0.2) is 4.68 Å². The highest BCUT2D eigenvalue weighted by molar-refractivity contribution is 7.11. The predicted molar refractivity (Wildman–Crippen MR) is 106 cm³/mol. The molecule has 2 aromatic heterocycles. The first kappa shape index (κ1) is 17.2. The molecule has 0 N–H and O–H groups in total. The molecule has 0 amide bonds. The minimum absolute atomic E-state index is 0.531. The van der Waals surface area contributed by atoms with Crippen molar-refractivity contribution < 1.29 is 0 Å². The summed E-state index contributed by atoms with van der Waals surface area (Å²) in [6.07, 6.45) is 3.57. The molecule has 0 unspecified atom stereocenters. The van der Waals surface area contributed by atoms with E-state index >= 15 is 0 Å². The maximum Gasteiger partial charge on any atom is 0.206 e. The fourth-order valence-corrected chi connectivity index (χ4v) is 3.95. The van der Waals surface area contributed by atoms with Gasteiger partial charge >= 0.3 is 0 Å². The van der Waals surface area contributed by atoms with Crippen LogP contribution in [0.5, 0.6) is 0 Å². The Morgan fingerprint density at radius 1 is 1.21 bits per heavy atom. The Kier molecular flexibility index (Phi) is 5.68. The second-order valence-corrected chi connectivity index (χ2v) is 7.39. The number of halogens is 2. The average molecular weight is 394 g/mol. The van der Waals surface area contributed by atoms with Crippen molar-refractivity contribution in [3.05, 3.63) is 73.5 Å². The molecular weight excluding hydrogens is 381 g/mol. The molecule has 0 spiro atoms. The number of nitrogens with zero attached hydrogens (tertiary/aromatic N) is 3. The quantitative estimate of drug-likeness (QED) is 0.401. The summed E-state index contributed by atoms with van der Waals surface area (Å²) >= 11 is 15.5. The maximum atomic E-state index is 6.36. The van der Waals surface area contributed by atoms with E-state index in [0.29, 0.717) is 16.6 Å². The fraction of sp³-hybridized carbons (Fsp3) is 0.0588. The highest BCUT2D eigenvalue weighted by Crippen LogP contribution is 2.30. The van der Waals surface area contributed by atoms with Crippen molar-refractivity contribution >= 4 is 52.1 Å². The van der Waals surface area contributed by atoms with E-state index in [1.165, 1.54) is 11.3 Å². The lowest BCUT2D eigenvalue weighted by Crippen LogP contribution is -2.12. The second kappa shape index (κ2) is 7.94. The third-order valence-corrected chi connectivity index (χ3v) is 5.30. The summed E-state index contributed by atoms with van der Waals surface area (Å²) in [5.74, 6) is 0. The Bertz CT molecular complexity index is 937. The molecule has 3 rings (SSSR count). The Morgan fingerprint density at radius 2 is 2.08 bits per heavy atom. The maximum absolute atomic E-state index is 6.36. The molecule has 3 nitrogen and oxygen atoms in total. The molecule has 0 fully saturated rings. The van der Waals surface area contributed by atoms with E-state index in [4.69, 9.17) is 23.2 Å². The van der Waals surface area contributed by atoms with E-state index < -0.39 is 0 Å². The summed E-state index contributed by atoms with van der Waals surface area (Å²) < 4.78 is 1.79. The van der Waals surface area contributed by atoms with Crippen LogP contribution in [0.2, 0.25) is 10.0 Å². The van der Waals surface area contributed by atoms with Gasteiger partial charge in [-0.2, -0.15) is 5.10 Å². The summed E-state index contributed by atoms with van der Waals surface area (Å²) in [5, 5.41) is 9.78. The van der Waals surface area contributed by atoms with Gasteiger partial charge in [0.2, 0.25) is 4.80 Å². The predicted octanol–water partition coefficient (Wildman–Crippen LogP) is 5.55. The number of rotatable bonds is 5. The molecule has 24 heavy (non-hydrogen) atoms. The van der Waals surface area contributed by atoms with Gasteiger partial charge in [0.05, 0.1) is 23.5 Å². The van der Waals surface area contributed by atoms with Crippen LogP contribution in [0, 0.1) is 0 Å². The molecule has 0 saturated heterocycles. The molecule has 0 atom stereocenters. The monoisotopic (exact) mass is 393 g/mol. The second-order valence-electron chi connectivity index (χ2n) is 4.73. The van der Waals surface area contributed by atoms with Crippen LogP contribution in [-0.4, -0.2) is 17.4 Å². The van der Waals surface area contributed by atoms with E-state index in [1.807, 2.05) is 41.2 Å². The minimum atomic E-state index is 0.531. The summed E-state index contributed by atoms with van der Waals surface area (Å²) in [4.78, 5) is 6.35. The Labute approximate surface area is 157 Å². The summed E-state index contributed by atoms with van der Waals surface area (Å²) in [6.45, 7) is 4.24. The molecule has 0 aliphatic carbocycles. The average Bonchev–Trinajstić information content (AvgIpc) is 3.20. The molecule has 0 radical (unpaired) electrons. The van der Waals surface area contributed by atoms with Crippen LogP contribution in [0.4, 0.5) is 0 Å². The molecule has 0 bridgehead atoms. The normalized spacial score (nSPS) is 12.2. The lowest BCUT2D eigenvalue weighted by Gasteiger charge is -2.06. The van der Waals surface area contributed by atoms with Crippen molar-refractivity contribution in [3.8, 4) is 11.3 Å². The number of hydrogen-bond donors (Lipinski definition) is 0. The van der Waals surface area contributed by atoms with E-state index in [1.54, 1.807) is 28.2 Å². The van der Waals surface area contributed by atoms with Gasteiger partial charge in [-0.15, -0.1) is 29.3 Å². The summed E-state index contributed by atoms with van der Waals surface area (Å²) in [6, 6.07) is 9.43. The van der Waals surface area contributed by atoms with Gasteiger partial charge in [-0.3, -0.25) is 4.99 Å². The van der Waals surface area contributed by atoms with Crippen LogP contribution in [-0.2, 0) is 0 Å². The topological polar surface area (TPSA) is 29.6 Å². The van der Waals surface area contributed by atoms with Crippen LogP contribution in [0.15, 0.2) is 63.8 Å². The van der Waals surface area contributed by atoms with Gasteiger partial charge < -0.3 is 0 Å². The SMILES string of the molecule is C=CCN=c1scc(-c2ccc(Cl)cc2Cl)n1N=Cc1cccs1. The molecule has 0 aliphatic rings. The zero-order chi connectivity index (χ0) is 16.9. The largest absolute Gasteiger partial charge is 0.253 e. The molecule has 7 heteroatoms. The van der Waals surface area contributed by atoms with Crippen molar-refractivity contribution in [2.45, 2.75) is 0 Å². The number of thiophene rings is 1. The van der Waals surface area contributed by atoms with Crippen LogP contribution in [0.25, 0.3) is 11.3 Å². The van der Waals surface area contributed by atoms with Crippen molar-refractivity contribution in [2.75, 3.05) is 6.54 Å². The molecule has 122 valence electrons. The lowest BCUT2D eigenvalue weighted by atomic mass is 10.2. The highest BCUT2D eigenvalue weighted by Gasteiger charge is 2.11. The first-order valence-corrected chi connectivity index (χ1v) is 9.56. The van der Waals surface area contributed by atoms with Gasteiger partial charge in [-0.1, -0.05) is 35.3 Å². The van der Waals surface area contributed by atoms with Crippen molar-refractivity contribution in [3.63, 3.8) is 0 Å². The van der Waals surface area contributed by atoms with Gasteiger partial charge in [0.1, 0.15) is 0 Å². The molecule has 3 aromatic rings. The first-order chi connectivity index (χ1) is 11.7. The third kappa shape index (κ3) is 3.87. The Hall–Kier alpha value is -1.66. The lowest BCUT2D eigenvalue weighted by molar-refractivity contribution is 0.841. The van der Waals surface area contributed by atoms with Gasteiger partial charge in [-0.05, 0) is 29.6 Å². The van der Waals surface area contributed by atoms with Crippen molar-refractivity contribution in [1.82, 2.24) is 4.68 Å². The number of hydrogen-bond acceptors (Lipinski definition) is 4. The summed E-state index contributed by atoms with van der Waals surface area (Å²) in [7, 11) is 0. The van der Waals surface area contributed by atoms with Crippen LogP contribution in [0.3, 0.4) is 0 Å². The van der Waals surface area contributed by atoms with E-state index in [2.05, 4.69) is 16.7 Å². The minimum Gasteiger partial charge on any atom is -0.253 e. The molecule has 2 heterocycles. The van der Waals surface area contributed by atoms with Crippen molar-refractivity contribution in [1.29, 1.82) is 0 Å². The highest BCUT2D eigenvalue weighted by atomic mass is 35.5. The Morgan fingerprint density at radius 3 is 2.79 bits per heavy atom. The fourth-order valence-electron chi connectivity index (χ4n) is 2.02. The van der Waals surface area contributed by atoms with Crippen LogP contribution >= 0.6 is 45.9 Å². The molecule has 0 aliphatic heterocycles. The van der Waals surface area contributed by atoms with Gasteiger partial charge in [0, 0.05) is 20.8 Å². The Balaban J connectivity index is 2.12. The third-order valence-electron chi connectivity index (χ3n) is 3.09. The zero-order valence-corrected chi connectivity index (χ0v) is 15.7. The summed E-state index contributed by atoms with van der Waals surface area (Å²) in [5.41, 5.74) is 1.73. The van der Waals surface area contributed by atoms with Crippen LogP contribution in [0.1, 0.15) is 4.88 Å². The standard InChI is InChI=1S/C17H13Cl2N3S2/c1-2-7-20-17-22(21-10-13-4-3-8-23-13)16(11-24-17)14-6-5-12(18)9-15(14)19/h2-6,8-11H,1,7H2. The smallest absolute Gasteiger partial charge is 0.206 e. The molecule has 0 saturated carbocycles. The van der Waals surface area contributed by atoms with E-state index in [9.17, 15) is 0 Å². The van der Waals surface area contributed by atoms with E-state index in [-0.39, 0.29) is 0 Å². The van der Waals surface area contributed by atoms with E-state index in [0.717, 1.165) is 20.9 Å². The van der Waals surface area contributed by atoms with Gasteiger partial charge in [0.25, 0.3) is 0 Å². The molecular formula is C17H13Cl2N3S2.